The van der Waals surface area contributed by atoms with Crippen LogP contribution in [0.5, 0.6) is 5.75 Å². The van der Waals surface area contributed by atoms with Gasteiger partial charge in [0.15, 0.2) is 11.6 Å². The van der Waals surface area contributed by atoms with Crippen molar-refractivity contribution in [3.05, 3.63) is 58.1 Å². The van der Waals surface area contributed by atoms with Crippen LogP contribution in [0.4, 0.5) is 25.8 Å². The smallest absolute Gasteiger partial charge is 0.271 e. The van der Waals surface area contributed by atoms with Crippen molar-refractivity contribution in [1.29, 1.82) is 0 Å². The molecule has 0 fully saturated rings. The van der Waals surface area contributed by atoms with Crippen molar-refractivity contribution < 1.29 is 31.7 Å². The number of hydrogen-bond donors (Lipinski definition) is 1. The van der Waals surface area contributed by atoms with Crippen LogP contribution in [0, 0.1) is 21.7 Å². The molecule has 1 unspecified atom stereocenters. The molecule has 1 amide bonds. The summed E-state index contributed by atoms with van der Waals surface area (Å²) in [4.78, 5) is 23.2. The largest absolute Gasteiger partial charge is 0.495 e. The van der Waals surface area contributed by atoms with Gasteiger partial charge < -0.3 is 10.1 Å². The molecule has 162 valence electrons. The minimum atomic E-state index is -4.12. The zero-order valence-corrected chi connectivity index (χ0v) is 17.1. The van der Waals surface area contributed by atoms with E-state index in [0.717, 1.165) is 36.6 Å². The molecule has 30 heavy (non-hydrogen) atoms. The number of anilines is 2. The number of nitro groups is 1. The monoisotopic (exact) mass is 443 g/mol. The number of non-ortho nitro benzene ring substituents is 1. The Hall–Kier alpha value is -3.28. The fourth-order valence-electron chi connectivity index (χ4n) is 2.80. The predicted octanol–water partition coefficient (Wildman–Crippen LogP) is 3.06. The van der Waals surface area contributed by atoms with Crippen LogP contribution < -0.4 is 14.4 Å². The quantitative estimate of drug-likeness (QED) is 0.495. The molecule has 0 aliphatic heterocycles. The van der Waals surface area contributed by atoms with Gasteiger partial charge in [0.05, 0.1) is 18.3 Å². The molecule has 0 radical (unpaired) electrons. The minimum absolute atomic E-state index is 0.00917. The SMILES string of the molecule is CCC(C(=O)Nc1ccc(F)c(F)c1)N(c1cc([N+](=O)[O-])ccc1OC)S(C)(=O)=O. The summed E-state index contributed by atoms with van der Waals surface area (Å²) in [7, 11) is -2.88. The first kappa shape index (κ1) is 23.0. The number of rotatable bonds is 8. The molecule has 0 spiro atoms. The number of sulfonamides is 1. The van der Waals surface area contributed by atoms with Crippen LogP contribution in [0.3, 0.4) is 0 Å². The molecule has 1 N–H and O–H groups in total. The highest BCUT2D eigenvalue weighted by molar-refractivity contribution is 7.92. The Labute approximate surface area is 171 Å². The van der Waals surface area contributed by atoms with Gasteiger partial charge in [-0.15, -0.1) is 0 Å². The summed E-state index contributed by atoms with van der Waals surface area (Å²) in [6.07, 6.45) is 0.799. The lowest BCUT2D eigenvalue weighted by Crippen LogP contribution is -2.47. The van der Waals surface area contributed by atoms with E-state index < -0.39 is 44.2 Å². The number of benzene rings is 2. The van der Waals surface area contributed by atoms with Crippen molar-refractivity contribution in [2.45, 2.75) is 19.4 Å². The zero-order valence-electron chi connectivity index (χ0n) is 16.3. The summed E-state index contributed by atoms with van der Waals surface area (Å²) in [6, 6.07) is 4.64. The Bertz CT molecular complexity index is 1080. The number of nitro benzene ring substituents is 1. The van der Waals surface area contributed by atoms with Crippen molar-refractivity contribution in [2.75, 3.05) is 23.0 Å². The maximum absolute atomic E-state index is 13.4. The molecule has 0 bridgehead atoms. The van der Waals surface area contributed by atoms with Gasteiger partial charge in [0, 0.05) is 23.9 Å². The first-order valence-corrected chi connectivity index (χ1v) is 10.4. The second-order valence-electron chi connectivity index (χ2n) is 6.21. The second-order valence-corrected chi connectivity index (χ2v) is 8.07. The zero-order chi connectivity index (χ0) is 22.6. The van der Waals surface area contributed by atoms with E-state index in [2.05, 4.69) is 5.32 Å². The van der Waals surface area contributed by atoms with E-state index in [1.165, 1.54) is 20.1 Å². The van der Waals surface area contributed by atoms with Crippen LogP contribution in [0.1, 0.15) is 13.3 Å². The first-order valence-electron chi connectivity index (χ1n) is 8.57. The number of ether oxygens (including phenoxy) is 1. The summed E-state index contributed by atoms with van der Waals surface area (Å²) in [5.41, 5.74) is -0.700. The standard InChI is InChI=1S/C18H19F2N3O6S/c1-4-15(18(24)21-11-5-7-13(19)14(20)9-11)22(30(3,27)28)16-10-12(23(25)26)6-8-17(16)29-2/h5-10,15H,4H2,1-3H3,(H,21,24). The molecule has 2 aromatic rings. The van der Waals surface area contributed by atoms with Gasteiger partial charge in [-0.2, -0.15) is 0 Å². The Balaban J connectivity index is 2.54. The van der Waals surface area contributed by atoms with Gasteiger partial charge in [0.25, 0.3) is 5.69 Å². The summed E-state index contributed by atoms with van der Waals surface area (Å²) >= 11 is 0. The lowest BCUT2D eigenvalue weighted by molar-refractivity contribution is -0.384. The highest BCUT2D eigenvalue weighted by atomic mass is 32.2. The van der Waals surface area contributed by atoms with Crippen LogP contribution in [0.25, 0.3) is 0 Å². The average molecular weight is 443 g/mol. The molecule has 0 heterocycles. The van der Waals surface area contributed by atoms with Crippen LogP contribution >= 0.6 is 0 Å². The third-order valence-corrected chi connectivity index (χ3v) is 5.29. The number of carbonyl (C=O) groups is 1. The van der Waals surface area contributed by atoms with E-state index in [1.807, 2.05) is 0 Å². The molecule has 0 saturated heterocycles. The normalized spacial score (nSPS) is 12.2. The van der Waals surface area contributed by atoms with Crippen molar-refractivity contribution in [3.8, 4) is 5.75 Å². The van der Waals surface area contributed by atoms with E-state index in [0.29, 0.717) is 4.31 Å². The lowest BCUT2D eigenvalue weighted by atomic mass is 10.1. The Morgan fingerprint density at radius 1 is 1.23 bits per heavy atom. The van der Waals surface area contributed by atoms with E-state index in [9.17, 15) is 32.1 Å². The molecule has 0 saturated carbocycles. The molecule has 0 aromatic heterocycles. The van der Waals surface area contributed by atoms with Crippen molar-refractivity contribution in [2.24, 2.45) is 0 Å². The van der Waals surface area contributed by atoms with Crippen LogP contribution in [-0.2, 0) is 14.8 Å². The van der Waals surface area contributed by atoms with E-state index in [-0.39, 0.29) is 23.5 Å². The fraction of sp³-hybridized carbons (Fsp3) is 0.278. The number of amides is 1. The van der Waals surface area contributed by atoms with Crippen molar-refractivity contribution in [1.82, 2.24) is 0 Å². The third-order valence-electron chi connectivity index (χ3n) is 4.13. The molecular formula is C18H19F2N3O6S. The number of nitrogens with zero attached hydrogens (tertiary/aromatic N) is 2. The highest BCUT2D eigenvalue weighted by Crippen LogP contribution is 2.35. The number of carbonyl (C=O) groups excluding carboxylic acids is 1. The van der Waals surface area contributed by atoms with Gasteiger partial charge in [-0.05, 0) is 24.6 Å². The van der Waals surface area contributed by atoms with Crippen LogP contribution in [0.2, 0.25) is 0 Å². The second kappa shape index (κ2) is 9.03. The molecule has 2 rings (SSSR count). The summed E-state index contributed by atoms with van der Waals surface area (Å²) in [5.74, 6) is -3.16. The topological polar surface area (TPSA) is 119 Å². The first-order chi connectivity index (χ1) is 14.0. The maximum atomic E-state index is 13.4. The summed E-state index contributed by atoms with van der Waals surface area (Å²) < 4.78 is 57.5. The Kier molecular flexibility index (Phi) is 6.92. The third kappa shape index (κ3) is 5.00. The number of nitrogens with one attached hydrogen (secondary N) is 1. The molecule has 1 atom stereocenters. The molecule has 9 nitrogen and oxygen atoms in total. The lowest BCUT2D eigenvalue weighted by Gasteiger charge is -2.30. The van der Waals surface area contributed by atoms with Crippen molar-refractivity contribution in [3.63, 3.8) is 0 Å². The van der Waals surface area contributed by atoms with E-state index in [1.54, 1.807) is 0 Å². The minimum Gasteiger partial charge on any atom is -0.495 e. The molecule has 2 aromatic carbocycles. The Morgan fingerprint density at radius 3 is 2.40 bits per heavy atom. The van der Waals surface area contributed by atoms with Crippen LogP contribution in [-0.4, -0.2) is 38.7 Å². The van der Waals surface area contributed by atoms with E-state index >= 15 is 0 Å². The predicted molar refractivity (Wildman–Crippen MR) is 106 cm³/mol. The van der Waals surface area contributed by atoms with Crippen LogP contribution in [0.15, 0.2) is 36.4 Å². The number of halogens is 2. The summed E-state index contributed by atoms with van der Waals surface area (Å²) in [6.45, 7) is 1.53. The van der Waals surface area contributed by atoms with Gasteiger partial charge in [0.2, 0.25) is 15.9 Å². The number of methoxy groups -OCH3 is 1. The van der Waals surface area contributed by atoms with Gasteiger partial charge in [-0.25, -0.2) is 17.2 Å². The molecule has 0 aliphatic carbocycles. The number of hydrogen-bond acceptors (Lipinski definition) is 6. The highest BCUT2D eigenvalue weighted by Gasteiger charge is 2.34. The van der Waals surface area contributed by atoms with Crippen molar-refractivity contribution >= 4 is 33.0 Å². The maximum Gasteiger partial charge on any atom is 0.271 e. The van der Waals surface area contributed by atoms with E-state index in [4.69, 9.17) is 4.74 Å². The summed E-state index contributed by atoms with van der Waals surface area (Å²) in [5, 5.41) is 13.5. The fourth-order valence-corrected chi connectivity index (χ4v) is 4.01. The molecule has 0 aliphatic rings. The molecular weight excluding hydrogens is 424 g/mol. The molecule has 12 heteroatoms. The average Bonchev–Trinajstić information content (AvgIpc) is 2.67. The Morgan fingerprint density at radius 2 is 1.90 bits per heavy atom. The van der Waals surface area contributed by atoms with Gasteiger partial charge in [-0.3, -0.25) is 19.2 Å². The van der Waals surface area contributed by atoms with Gasteiger partial charge in [-0.1, -0.05) is 6.92 Å². The van der Waals surface area contributed by atoms with Gasteiger partial charge in [0.1, 0.15) is 17.5 Å². The van der Waals surface area contributed by atoms with Gasteiger partial charge >= 0.3 is 0 Å².